The second-order valence-corrected chi connectivity index (χ2v) is 4.82. The van der Waals surface area contributed by atoms with Gasteiger partial charge in [-0.25, -0.2) is 4.79 Å². The van der Waals surface area contributed by atoms with Gasteiger partial charge in [-0.2, -0.15) is 0 Å². The molecule has 0 aromatic heterocycles. The van der Waals surface area contributed by atoms with Gasteiger partial charge in [-0.05, 0) is 24.6 Å². The standard InChI is InChI=1S/C11H13BBrNO5/c1-2-18-7-4-3-6(13)9-8(5-14-11(15)16)19-12(17)10(7)9/h3-4,8,14,17H,2,5H2,1H3,(H,15,16). The van der Waals surface area contributed by atoms with Crippen LogP contribution in [0, 0.1) is 0 Å². The van der Waals surface area contributed by atoms with Gasteiger partial charge in [0.15, 0.2) is 0 Å². The van der Waals surface area contributed by atoms with E-state index in [2.05, 4.69) is 21.2 Å². The first-order valence-electron chi connectivity index (χ1n) is 5.80. The summed E-state index contributed by atoms with van der Waals surface area (Å²) in [6.07, 6.45) is -1.68. The first kappa shape index (κ1) is 14.2. The highest BCUT2D eigenvalue weighted by molar-refractivity contribution is 9.10. The Kier molecular flexibility index (Phi) is 4.33. The Bertz CT molecular complexity index is 498. The molecule has 1 amide bonds. The lowest BCUT2D eigenvalue weighted by Gasteiger charge is -2.14. The molecule has 3 N–H and O–H groups in total. The van der Waals surface area contributed by atoms with Gasteiger partial charge in [0.25, 0.3) is 0 Å². The molecule has 1 unspecified atom stereocenters. The third-order valence-corrected chi connectivity index (χ3v) is 3.49. The molecule has 0 aliphatic carbocycles. The molecule has 0 bridgehead atoms. The second-order valence-electron chi connectivity index (χ2n) is 3.97. The van der Waals surface area contributed by atoms with Crippen LogP contribution in [-0.4, -0.2) is 36.5 Å². The molecule has 1 aliphatic rings. The van der Waals surface area contributed by atoms with Crippen LogP contribution in [0.25, 0.3) is 0 Å². The second kappa shape index (κ2) is 5.81. The van der Waals surface area contributed by atoms with Crippen LogP contribution in [0.3, 0.4) is 0 Å². The van der Waals surface area contributed by atoms with Crippen molar-refractivity contribution in [3.8, 4) is 5.75 Å². The van der Waals surface area contributed by atoms with Crippen LogP contribution < -0.4 is 15.5 Å². The lowest BCUT2D eigenvalue weighted by Crippen LogP contribution is -2.30. The summed E-state index contributed by atoms with van der Waals surface area (Å²) in [4.78, 5) is 10.5. The van der Waals surface area contributed by atoms with Crippen LogP contribution in [-0.2, 0) is 4.65 Å². The van der Waals surface area contributed by atoms with E-state index in [9.17, 15) is 9.82 Å². The average molecular weight is 330 g/mol. The van der Waals surface area contributed by atoms with Crippen molar-refractivity contribution in [2.45, 2.75) is 13.0 Å². The minimum atomic E-state index is -1.14. The molecule has 0 fully saturated rings. The molecule has 1 aromatic carbocycles. The smallest absolute Gasteiger partial charge is 0.494 e. The first-order chi connectivity index (χ1) is 9.04. The number of benzene rings is 1. The number of rotatable bonds is 4. The zero-order chi connectivity index (χ0) is 14.0. The molecule has 1 atom stereocenters. The number of carboxylic acid groups (broad SMARTS) is 1. The number of fused-ring (bicyclic) bond motifs is 1. The van der Waals surface area contributed by atoms with Gasteiger partial charge in [0, 0.05) is 16.5 Å². The summed E-state index contributed by atoms with van der Waals surface area (Å²) in [6.45, 7) is 2.38. The van der Waals surface area contributed by atoms with Gasteiger partial charge in [0.2, 0.25) is 0 Å². The summed E-state index contributed by atoms with van der Waals surface area (Å²) >= 11 is 3.39. The Morgan fingerprint density at radius 1 is 1.63 bits per heavy atom. The fraction of sp³-hybridized carbons (Fsp3) is 0.364. The Hall–Kier alpha value is -1.25. The van der Waals surface area contributed by atoms with Crippen LogP contribution in [0.4, 0.5) is 4.79 Å². The van der Waals surface area contributed by atoms with E-state index in [1.807, 2.05) is 6.92 Å². The Morgan fingerprint density at radius 3 is 3.00 bits per heavy atom. The summed E-state index contributed by atoms with van der Waals surface area (Å²) in [6, 6.07) is 3.53. The molecule has 6 nitrogen and oxygen atoms in total. The third-order valence-electron chi connectivity index (χ3n) is 2.79. The molecule has 0 radical (unpaired) electrons. The van der Waals surface area contributed by atoms with E-state index in [-0.39, 0.29) is 6.54 Å². The number of hydrogen-bond acceptors (Lipinski definition) is 4. The SMILES string of the molecule is CCOc1ccc(Br)c2c1B(O)OC2CNC(=O)O. The van der Waals surface area contributed by atoms with E-state index in [0.29, 0.717) is 23.4 Å². The van der Waals surface area contributed by atoms with Gasteiger partial charge in [-0.3, -0.25) is 0 Å². The predicted molar refractivity (Wildman–Crippen MR) is 72.8 cm³/mol. The van der Waals surface area contributed by atoms with Crippen molar-refractivity contribution in [2.75, 3.05) is 13.2 Å². The minimum Gasteiger partial charge on any atom is -0.494 e. The normalized spacial score (nSPS) is 17.2. The fourth-order valence-electron chi connectivity index (χ4n) is 2.07. The van der Waals surface area contributed by atoms with Gasteiger partial charge >= 0.3 is 13.2 Å². The van der Waals surface area contributed by atoms with Crippen LogP contribution >= 0.6 is 15.9 Å². The molecule has 0 saturated carbocycles. The molecule has 102 valence electrons. The predicted octanol–water partition coefficient (Wildman–Crippen LogP) is 0.874. The fourth-order valence-corrected chi connectivity index (χ4v) is 2.68. The molecular formula is C11H13BBrNO5. The van der Waals surface area contributed by atoms with Crippen LogP contribution in [0.5, 0.6) is 5.75 Å². The van der Waals surface area contributed by atoms with Gasteiger partial charge in [0.05, 0.1) is 12.7 Å². The molecule has 1 aliphatic heterocycles. The van der Waals surface area contributed by atoms with Gasteiger partial charge in [0.1, 0.15) is 5.75 Å². The lowest BCUT2D eigenvalue weighted by molar-refractivity contribution is 0.167. The summed E-state index contributed by atoms with van der Waals surface area (Å²) in [5.74, 6) is 0.547. The summed E-state index contributed by atoms with van der Waals surface area (Å²) in [5, 5.41) is 20.8. The van der Waals surface area contributed by atoms with E-state index in [1.165, 1.54) is 0 Å². The van der Waals surface area contributed by atoms with Crippen molar-refractivity contribution in [3.05, 3.63) is 22.2 Å². The molecule has 1 heterocycles. The van der Waals surface area contributed by atoms with Gasteiger partial charge in [-0.1, -0.05) is 15.9 Å². The minimum absolute atomic E-state index is 0.0631. The number of carbonyl (C=O) groups is 1. The molecule has 19 heavy (non-hydrogen) atoms. The number of amides is 1. The van der Waals surface area contributed by atoms with E-state index in [4.69, 9.17) is 14.5 Å². The highest BCUT2D eigenvalue weighted by Gasteiger charge is 2.39. The van der Waals surface area contributed by atoms with Crippen molar-refractivity contribution in [2.24, 2.45) is 0 Å². The highest BCUT2D eigenvalue weighted by atomic mass is 79.9. The number of halogens is 1. The van der Waals surface area contributed by atoms with Crippen molar-refractivity contribution in [1.82, 2.24) is 5.32 Å². The van der Waals surface area contributed by atoms with Gasteiger partial charge < -0.3 is 24.8 Å². The van der Waals surface area contributed by atoms with E-state index in [0.717, 1.165) is 4.47 Å². The third kappa shape index (κ3) is 2.85. The maximum absolute atomic E-state index is 10.5. The largest absolute Gasteiger partial charge is 0.495 e. The topological polar surface area (TPSA) is 88.0 Å². The van der Waals surface area contributed by atoms with Crippen molar-refractivity contribution in [3.63, 3.8) is 0 Å². The molecular weight excluding hydrogens is 317 g/mol. The Labute approximate surface area is 119 Å². The van der Waals surface area contributed by atoms with Crippen LogP contribution in [0.2, 0.25) is 0 Å². The number of hydrogen-bond donors (Lipinski definition) is 3. The average Bonchev–Trinajstić information content (AvgIpc) is 2.69. The Morgan fingerprint density at radius 2 is 2.37 bits per heavy atom. The number of ether oxygens (including phenoxy) is 1. The maximum atomic E-state index is 10.5. The quantitative estimate of drug-likeness (QED) is 0.713. The zero-order valence-electron chi connectivity index (χ0n) is 10.2. The van der Waals surface area contributed by atoms with Crippen LogP contribution in [0.15, 0.2) is 16.6 Å². The maximum Gasteiger partial charge on any atom is 0.495 e. The van der Waals surface area contributed by atoms with Crippen molar-refractivity contribution < 1.29 is 24.3 Å². The van der Waals surface area contributed by atoms with E-state index in [1.54, 1.807) is 12.1 Å². The molecule has 8 heteroatoms. The Balaban J connectivity index is 2.34. The van der Waals surface area contributed by atoms with E-state index >= 15 is 0 Å². The zero-order valence-corrected chi connectivity index (χ0v) is 11.8. The summed E-state index contributed by atoms with van der Waals surface area (Å²) in [5.41, 5.74) is 1.26. The van der Waals surface area contributed by atoms with Crippen LogP contribution in [0.1, 0.15) is 18.6 Å². The number of nitrogens with one attached hydrogen (secondary N) is 1. The first-order valence-corrected chi connectivity index (χ1v) is 6.59. The molecule has 1 aromatic rings. The van der Waals surface area contributed by atoms with Crippen molar-refractivity contribution >= 4 is 34.6 Å². The summed E-state index contributed by atoms with van der Waals surface area (Å²) in [7, 11) is -1.12. The van der Waals surface area contributed by atoms with E-state index < -0.39 is 19.3 Å². The van der Waals surface area contributed by atoms with Gasteiger partial charge in [-0.15, -0.1) is 0 Å². The highest BCUT2D eigenvalue weighted by Crippen LogP contribution is 2.33. The molecule has 2 rings (SSSR count). The van der Waals surface area contributed by atoms with Crippen molar-refractivity contribution in [1.29, 1.82) is 0 Å². The summed E-state index contributed by atoms with van der Waals surface area (Å²) < 4.78 is 11.6. The molecule has 0 saturated heterocycles. The lowest BCUT2D eigenvalue weighted by atomic mass is 9.78. The molecule has 0 spiro atoms. The monoisotopic (exact) mass is 329 g/mol.